The van der Waals surface area contributed by atoms with Crippen molar-refractivity contribution in [2.75, 3.05) is 33.3 Å². The molecule has 0 spiro atoms. The van der Waals surface area contributed by atoms with Crippen LogP contribution in [0, 0.1) is 0 Å². The predicted molar refractivity (Wildman–Crippen MR) is 82.3 cm³/mol. The lowest BCUT2D eigenvalue weighted by Crippen LogP contribution is -2.45. The quantitative estimate of drug-likeness (QED) is 0.776. The second kappa shape index (κ2) is 6.82. The molecule has 1 saturated heterocycles. The number of nitrogens with one attached hydrogen (secondary N) is 1. The van der Waals surface area contributed by atoms with E-state index >= 15 is 0 Å². The topological polar surface area (TPSA) is 84.7 Å². The van der Waals surface area contributed by atoms with E-state index in [0.29, 0.717) is 16.9 Å². The largest absolute Gasteiger partial charge is 0.374 e. The van der Waals surface area contributed by atoms with Crippen molar-refractivity contribution >= 4 is 37.3 Å². The van der Waals surface area contributed by atoms with Gasteiger partial charge in [0.15, 0.2) is 0 Å². The lowest BCUT2D eigenvalue weighted by atomic mass is 10.3. The van der Waals surface area contributed by atoms with Gasteiger partial charge in [-0.15, -0.1) is 11.3 Å². The zero-order valence-electron chi connectivity index (χ0n) is 11.1. The second-order valence-corrected chi connectivity index (χ2v) is 8.85. The highest BCUT2D eigenvalue weighted by atomic mass is 79.9. The monoisotopic (exact) mass is 383 g/mol. The molecule has 0 aromatic carbocycles. The minimum Gasteiger partial charge on any atom is -0.374 e. The summed E-state index contributed by atoms with van der Waals surface area (Å²) >= 11 is 4.61. The van der Waals surface area contributed by atoms with E-state index in [2.05, 4.69) is 25.6 Å². The van der Waals surface area contributed by atoms with Crippen molar-refractivity contribution in [1.82, 2.24) is 9.62 Å². The van der Waals surface area contributed by atoms with Gasteiger partial charge in [-0.1, -0.05) is 0 Å². The van der Waals surface area contributed by atoms with E-state index in [9.17, 15) is 8.42 Å². The van der Waals surface area contributed by atoms with Crippen LogP contribution in [0.2, 0.25) is 0 Å². The molecule has 1 aromatic heterocycles. The molecule has 0 saturated carbocycles. The molecule has 1 atom stereocenters. The molecule has 0 bridgehead atoms. The molecule has 1 aromatic rings. The number of nitrogens with zero attached hydrogens (tertiary/aromatic N) is 1. The molecule has 1 aliphatic heterocycles. The molecule has 1 unspecified atom stereocenters. The zero-order chi connectivity index (χ0) is 14.8. The summed E-state index contributed by atoms with van der Waals surface area (Å²) in [5, 5.41) is 0. The smallest absolute Gasteiger partial charge is 0.242 e. The molecule has 1 fully saturated rings. The highest BCUT2D eigenvalue weighted by Crippen LogP contribution is 2.31. The number of ether oxygens (including phenoxy) is 1. The van der Waals surface area contributed by atoms with Crippen LogP contribution in [-0.4, -0.2) is 52.7 Å². The molecule has 0 aliphatic carbocycles. The first-order valence-corrected chi connectivity index (χ1v) is 9.29. The minimum absolute atomic E-state index is 0.116. The normalized spacial score (nSPS) is 21.2. The maximum Gasteiger partial charge on any atom is 0.242 e. The molecule has 6 nitrogen and oxygen atoms in total. The van der Waals surface area contributed by atoms with Crippen LogP contribution in [0.3, 0.4) is 0 Å². The third-order valence-corrected chi connectivity index (χ3v) is 6.74. The number of hydrogen-bond acceptors (Lipinski definition) is 6. The van der Waals surface area contributed by atoms with Gasteiger partial charge in [0.1, 0.15) is 4.90 Å². The summed E-state index contributed by atoms with van der Waals surface area (Å²) in [7, 11) is -1.54. The van der Waals surface area contributed by atoms with Crippen molar-refractivity contribution in [2.24, 2.45) is 5.73 Å². The molecular formula is C11H18BrN3O3S2. The van der Waals surface area contributed by atoms with E-state index in [1.54, 1.807) is 6.07 Å². The van der Waals surface area contributed by atoms with Crippen molar-refractivity contribution < 1.29 is 13.2 Å². The Morgan fingerprint density at radius 2 is 2.40 bits per heavy atom. The Morgan fingerprint density at radius 3 is 3.00 bits per heavy atom. The number of likely N-dealkylation sites (N-methyl/N-ethyl adjacent to an activating group) is 1. The molecule has 20 heavy (non-hydrogen) atoms. The van der Waals surface area contributed by atoms with Crippen LogP contribution in [0.25, 0.3) is 0 Å². The van der Waals surface area contributed by atoms with Gasteiger partial charge in [-0.2, -0.15) is 0 Å². The Labute approximate surface area is 131 Å². The highest BCUT2D eigenvalue weighted by molar-refractivity contribution is 9.11. The third kappa shape index (κ3) is 4.00. The van der Waals surface area contributed by atoms with Gasteiger partial charge >= 0.3 is 0 Å². The maximum absolute atomic E-state index is 12.3. The van der Waals surface area contributed by atoms with E-state index in [1.807, 2.05) is 7.05 Å². The van der Waals surface area contributed by atoms with Gasteiger partial charge in [-0.3, -0.25) is 0 Å². The van der Waals surface area contributed by atoms with Gasteiger partial charge in [0.2, 0.25) is 10.0 Å². The van der Waals surface area contributed by atoms with Gasteiger partial charge < -0.3 is 15.4 Å². The molecule has 1 aliphatic rings. The lowest BCUT2D eigenvalue weighted by molar-refractivity contribution is -0.0156. The Bertz CT molecular complexity index is 561. The number of nitrogens with two attached hydrogens (primary N) is 1. The van der Waals surface area contributed by atoms with Crippen molar-refractivity contribution in [3.05, 3.63) is 14.7 Å². The summed E-state index contributed by atoms with van der Waals surface area (Å²) in [5.41, 5.74) is 5.53. The fraction of sp³-hybridized carbons (Fsp3) is 0.636. The Balaban J connectivity index is 2.01. The van der Waals surface area contributed by atoms with Gasteiger partial charge in [0, 0.05) is 31.1 Å². The van der Waals surface area contributed by atoms with E-state index in [-0.39, 0.29) is 17.5 Å². The Morgan fingerprint density at radius 1 is 1.65 bits per heavy atom. The number of sulfonamides is 1. The van der Waals surface area contributed by atoms with Crippen molar-refractivity contribution in [3.63, 3.8) is 0 Å². The van der Waals surface area contributed by atoms with Crippen molar-refractivity contribution in [2.45, 2.75) is 17.5 Å². The Hall–Kier alpha value is -0.0300. The molecular weight excluding hydrogens is 366 g/mol. The summed E-state index contributed by atoms with van der Waals surface area (Å²) in [6, 6.07) is 1.60. The summed E-state index contributed by atoms with van der Waals surface area (Å²) in [5.74, 6) is 0. The van der Waals surface area contributed by atoms with Crippen LogP contribution in [-0.2, 0) is 21.3 Å². The SMILES string of the molecule is CN1CCOC(CNS(=O)(=O)c2cc(CN)sc2Br)C1. The van der Waals surface area contributed by atoms with Crippen molar-refractivity contribution in [1.29, 1.82) is 0 Å². The number of morpholine rings is 1. The predicted octanol–water partition coefficient (Wildman–Crippen LogP) is 0.578. The van der Waals surface area contributed by atoms with Gasteiger partial charge in [0.05, 0.1) is 16.5 Å². The summed E-state index contributed by atoms with van der Waals surface area (Å²) in [4.78, 5) is 3.19. The minimum atomic E-state index is -3.54. The summed E-state index contributed by atoms with van der Waals surface area (Å²) in [6.45, 7) is 2.82. The van der Waals surface area contributed by atoms with E-state index < -0.39 is 10.0 Å². The first-order chi connectivity index (χ1) is 9.42. The molecule has 114 valence electrons. The van der Waals surface area contributed by atoms with Crippen LogP contribution in [0.1, 0.15) is 4.88 Å². The van der Waals surface area contributed by atoms with Crippen LogP contribution < -0.4 is 10.5 Å². The average molecular weight is 384 g/mol. The zero-order valence-corrected chi connectivity index (χ0v) is 14.4. The number of halogens is 1. The van der Waals surface area contributed by atoms with Gasteiger partial charge in [-0.05, 0) is 29.0 Å². The van der Waals surface area contributed by atoms with Crippen LogP contribution >= 0.6 is 27.3 Å². The molecule has 0 radical (unpaired) electrons. The summed E-state index contributed by atoms with van der Waals surface area (Å²) in [6.07, 6.45) is -0.116. The molecule has 9 heteroatoms. The van der Waals surface area contributed by atoms with Crippen molar-refractivity contribution in [3.8, 4) is 0 Å². The fourth-order valence-corrected chi connectivity index (χ4v) is 5.58. The van der Waals surface area contributed by atoms with E-state index in [4.69, 9.17) is 10.5 Å². The number of thiophene rings is 1. The lowest BCUT2D eigenvalue weighted by Gasteiger charge is -2.30. The first-order valence-electron chi connectivity index (χ1n) is 6.20. The van der Waals surface area contributed by atoms with Crippen LogP contribution in [0.5, 0.6) is 0 Å². The van der Waals surface area contributed by atoms with E-state index in [1.165, 1.54) is 11.3 Å². The molecule has 2 heterocycles. The fourth-order valence-electron chi connectivity index (χ4n) is 1.95. The third-order valence-electron chi connectivity index (χ3n) is 3.04. The average Bonchev–Trinajstić information content (AvgIpc) is 2.79. The second-order valence-electron chi connectivity index (χ2n) is 4.66. The number of hydrogen-bond donors (Lipinski definition) is 2. The van der Waals surface area contributed by atoms with Crippen LogP contribution in [0.15, 0.2) is 14.7 Å². The standard InChI is InChI=1S/C11H18BrN3O3S2/c1-15-2-3-18-8(7-15)6-14-20(16,17)10-4-9(5-13)19-11(10)12/h4,8,14H,2-3,5-7,13H2,1H3. The molecule has 0 amide bonds. The molecule has 3 N–H and O–H groups in total. The summed E-state index contributed by atoms with van der Waals surface area (Å²) < 4.78 is 33.2. The van der Waals surface area contributed by atoms with Gasteiger partial charge in [0.25, 0.3) is 0 Å². The van der Waals surface area contributed by atoms with Crippen LogP contribution in [0.4, 0.5) is 0 Å². The number of rotatable bonds is 5. The van der Waals surface area contributed by atoms with E-state index in [0.717, 1.165) is 18.0 Å². The Kier molecular flexibility index (Phi) is 5.57. The maximum atomic E-state index is 12.3. The highest BCUT2D eigenvalue weighted by Gasteiger charge is 2.24. The first kappa shape index (κ1) is 16.3. The molecule has 2 rings (SSSR count). The van der Waals surface area contributed by atoms with Gasteiger partial charge in [-0.25, -0.2) is 13.1 Å².